The van der Waals surface area contributed by atoms with Crippen LogP contribution in [0.4, 0.5) is 13.2 Å². The Morgan fingerprint density at radius 1 is 1.15 bits per heavy atom. The molecule has 0 aliphatic heterocycles. The molecular formula is C27H36F3NO2. The second-order valence-corrected chi connectivity index (χ2v) is 10.9. The number of aliphatic carboxylic acids is 1. The highest BCUT2D eigenvalue weighted by atomic mass is 19.4. The number of rotatable bonds is 7. The van der Waals surface area contributed by atoms with Gasteiger partial charge in [-0.2, -0.15) is 13.2 Å². The summed E-state index contributed by atoms with van der Waals surface area (Å²) in [7, 11) is 0. The molecular weight excluding hydrogens is 427 g/mol. The maximum atomic E-state index is 13.2. The summed E-state index contributed by atoms with van der Waals surface area (Å²) in [4.78, 5) is 11.6. The van der Waals surface area contributed by atoms with E-state index in [0.29, 0.717) is 0 Å². The molecule has 0 saturated heterocycles. The van der Waals surface area contributed by atoms with Gasteiger partial charge in [-0.1, -0.05) is 46.8 Å². The molecule has 1 aromatic carbocycles. The fourth-order valence-corrected chi connectivity index (χ4v) is 5.06. The van der Waals surface area contributed by atoms with Crippen molar-refractivity contribution >= 4 is 5.97 Å². The van der Waals surface area contributed by atoms with E-state index in [1.165, 1.54) is 17.7 Å². The van der Waals surface area contributed by atoms with Crippen LogP contribution >= 0.6 is 0 Å². The summed E-state index contributed by atoms with van der Waals surface area (Å²) in [6.07, 6.45) is 0.0635. The van der Waals surface area contributed by atoms with Crippen LogP contribution in [0.25, 0.3) is 0 Å². The first-order chi connectivity index (χ1) is 15.3. The van der Waals surface area contributed by atoms with E-state index in [1.807, 2.05) is 0 Å². The molecule has 0 radical (unpaired) electrons. The largest absolute Gasteiger partial charge is 0.481 e. The Bertz CT molecular complexity index is 965. The third-order valence-electron chi connectivity index (χ3n) is 6.69. The predicted octanol–water partition coefficient (Wildman–Crippen LogP) is 7.94. The van der Waals surface area contributed by atoms with Gasteiger partial charge >= 0.3 is 12.1 Å². The van der Waals surface area contributed by atoms with Crippen molar-refractivity contribution in [1.29, 1.82) is 0 Å². The molecule has 0 bridgehead atoms. The average molecular weight is 464 g/mol. The van der Waals surface area contributed by atoms with Crippen molar-refractivity contribution in [3.63, 3.8) is 0 Å². The molecule has 3 nitrogen and oxygen atoms in total. The lowest BCUT2D eigenvalue weighted by molar-refractivity contribution is -0.138. The van der Waals surface area contributed by atoms with E-state index in [0.717, 1.165) is 49.1 Å². The van der Waals surface area contributed by atoms with E-state index < -0.39 is 17.7 Å². The second kappa shape index (κ2) is 9.55. The van der Waals surface area contributed by atoms with Crippen LogP contribution < -0.4 is 0 Å². The van der Waals surface area contributed by atoms with Gasteiger partial charge < -0.3 is 9.67 Å². The fourth-order valence-electron chi connectivity index (χ4n) is 5.06. The molecule has 2 aromatic rings. The molecule has 0 spiro atoms. The van der Waals surface area contributed by atoms with Crippen LogP contribution in [0, 0.1) is 5.41 Å². The number of aryl methyl sites for hydroxylation is 1. The summed E-state index contributed by atoms with van der Waals surface area (Å²) in [6, 6.07) is 7.60. The predicted molar refractivity (Wildman–Crippen MR) is 125 cm³/mol. The molecule has 1 N–H and O–H groups in total. The van der Waals surface area contributed by atoms with Gasteiger partial charge in [-0.3, -0.25) is 4.79 Å². The minimum Gasteiger partial charge on any atom is -0.481 e. The lowest BCUT2D eigenvalue weighted by Gasteiger charge is -2.32. The van der Waals surface area contributed by atoms with Gasteiger partial charge in [0, 0.05) is 17.3 Å². The standard InChI is InChI=1S/C27H36F3NO2/c1-17(2)23-15-19-7-6-8-20(16-24(32)33)25(19)31(23)22(13-14-26(3,4)5)18-9-11-21(12-10-18)27(28,29)30/h9-12,15,17,20,22H,6-8,13-14,16H2,1-5H3,(H,32,33). The van der Waals surface area contributed by atoms with Crippen LogP contribution in [-0.4, -0.2) is 15.6 Å². The van der Waals surface area contributed by atoms with E-state index >= 15 is 0 Å². The summed E-state index contributed by atoms with van der Waals surface area (Å²) < 4.78 is 41.9. The zero-order valence-corrected chi connectivity index (χ0v) is 20.3. The Hall–Kier alpha value is -2.24. The van der Waals surface area contributed by atoms with Gasteiger partial charge in [0.25, 0.3) is 0 Å². The van der Waals surface area contributed by atoms with E-state index in [9.17, 15) is 23.1 Å². The first kappa shape index (κ1) is 25.4. The third kappa shape index (κ3) is 6.01. The molecule has 1 aliphatic rings. The summed E-state index contributed by atoms with van der Waals surface area (Å²) in [5, 5.41) is 9.55. The summed E-state index contributed by atoms with van der Waals surface area (Å²) in [5.74, 6) is -0.675. The lowest BCUT2D eigenvalue weighted by Crippen LogP contribution is -2.23. The Kier molecular flexibility index (Phi) is 7.35. The van der Waals surface area contributed by atoms with E-state index in [-0.39, 0.29) is 29.7 Å². The van der Waals surface area contributed by atoms with Gasteiger partial charge in [0.2, 0.25) is 0 Å². The second-order valence-electron chi connectivity index (χ2n) is 10.9. The SMILES string of the molecule is CC(C)c1cc2c(n1C(CCC(C)(C)C)c1ccc(C(F)(F)F)cc1)C(CC(=O)O)CCC2. The maximum absolute atomic E-state index is 13.2. The molecule has 1 aliphatic carbocycles. The molecule has 1 heterocycles. The molecule has 2 unspecified atom stereocenters. The van der Waals surface area contributed by atoms with Crippen LogP contribution in [0.1, 0.15) is 113 Å². The highest BCUT2D eigenvalue weighted by Crippen LogP contribution is 2.43. The van der Waals surface area contributed by atoms with Crippen molar-refractivity contribution in [2.45, 2.75) is 97.2 Å². The smallest absolute Gasteiger partial charge is 0.416 e. The van der Waals surface area contributed by atoms with E-state index in [1.54, 1.807) is 12.1 Å². The van der Waals surface area contributed by atoms with Gasteiger partial charge in [0.1, 0.15) is 0 Å². The number of carboxylic acids is 1. The van der Waals surface area contributed by atoms with Crippen LogP contribution in [0.15, 0.2) is 30.3 Å². The quantitative estimate of drug-likeness (QED) is 0.453. The van der Waals surface area contributed by atoms with Crippen molar-refractivity contribution in [2.75, 3.05) is 0 Å². The zero-order chi connectivity index (χ0) is 24.6. The molecule has 33 heavy (non-hydrogen) atoms. The van der Waals surface area contributed by atoms with Gasteiger partial charge in [-0.25, -0.2) is 0 Å². The van der Waals surface area contributed by atoms with Gasteiger partial charge in [-0.15, -0.1) is 0 Å². The number of nitrogens with zero attached hydrogens (tertiary/aromatic N) is 1. The highest BCUT2D eigenvalue weighted by Gasteiger charge is 2.34. The number of alkyl halides is 3. The highest BCUT2D eigenvalue weighted by molar-refractivity contribution is 5.68. The minimum absolute atomic E-state index is 0.0653. The number of benzene rings is 1. The molecule has 0 saturated carbocycles. The molecule has 0 fully saturated rings. The molecule has 3 rings (SSSR count). The van der Waals surface area contributed by atoms with Crippen LogP contribution in [-0.2, 0) is 17.4 Å². The fraction of sp³-hybridized carbons (Fsp3) is 0.593. The van der Waals surface area contributed by atoms with Gasteiger partial charge in [0.15, 0.2) is 0 Å². The monoisotopic (exact) mass is 463 g/mol. The van der Waals surface area contributed by atoms with Crippen molar-refractivity contribution in [3.8, 4) is 0 Å². The zero-order valence-electron chi connectivity index (χ0n) is 20.3. The Morgan fingerprint density at radius 2 is 1.79 bits per heavy atom. The first-order valence-corrected chi connectivity index (χ1v) is 11.9. The normalized spacial score (nSPS) is 17.8. The van der Waals surface area contributed by atoms with Crippen molar-refractivity contribution < 1.29 is 23.1 Å². The van der Waals surface area contributed by atoms with Crippen molar-refractivity contribution in [2.24, 2.45) is 5.41 Å². The first-order valence-electron chi connectivity index (χ1n) is 11.9. The van der Waals surface area contributed by atoms with Crippen LogP contribution in [0.2, 0.25) is 0 Å². The van der Waals surface area contributed by atoms with E-state index in [2.05, 4.69) is 45.3 Å². The van der Waals surface area contributed by atoms with Crippen LogP contribution in [0.3, 0.4) is 0 Å². The van der Waals surface area contributed by atoms with Crippen molar-refractivity contribution in [3.05, 3.63) is 58.4 Å². The lowest BCUT2D eigenvalue weighted by atomic mass is 9.84. The number of carbonyl (C=O) groups is 1. The number of hydrogen-bond acceptors (Lipinski definition) is 1. The maximum Gasteiger partial charge on any atom is 0.416 e. The Morgan fingerprint density at radius 3 is 2.30 bits per heavy atom. The summed E-state index contributed by atoms with van der Waals surface area (Å²) in [5.41, 5.74) is 3.66. The molecule has 2 atom stereocenters. The van der Waals surface area contributed by atoms with Crippen molar-refractivity contribution in [1.82, 2.24) is 4.57 Å². The number of fused-ring (bicyclic) bond motifs is 1. The van der Waals surface area contributed by atoms with Crippen LogP contribution in [0.5, 0.6) is 0 Å². The van der Waals surface area contributed by atoms with Gasteiger partial charge in [-0.05, 0) is 72.8 Å². The molecule has 182 valence electrons. The Balaban J connectivity index is 2.17. The molecule has 0 amide bonds. The topological polar surface area (TPSA) is 42.2 Å². The average Bonchev–Trinajstić information content (AvgIpc) is 3.07. The Labute approximate surface area is 195 Å². The summed E-state index contributed by atoms with van der Waals surface area (Å²) in [6.45, 7) is 10.7. The minimum atomic E-state index is -4.37. The summed E-state index contributed by atoms with van der Waals surface area (Å²) >= 11 is 0. The number of halogens is 3. The molecule has 6 heteroatoms. The van der Waals surface area contributed by atoms with E-state index in [4.69, 9.17) is 0 Å². The van der Waals surface area contributed by atoms with Gasteiger partial charge in [0.05, 0.1) is 18.0 Å². The number of aromatic nitrogens is 1. The molecule has 1 aromatic heterocycles. The third-order valence-corrected chi connectivity index (χ3v) is 6.69. The number of hydrogen-bond donors (Lipinski definition) is 1. The number of carboxylic acid groups (broad SMARTS) is 1.